The summed E-state index contributed by atoms with van der Waals surface area (Å²) in [7, 11) is -3.51. The highest BCUT2D eigenvalue weighted by atomic mass is 32.2. The fourth-order valence-electron chi connectivity index (χ4n) is 3.94. The third kappa shape index (κ3) is 4.27. The first kappa shape index (κ1) is 22.4. The van der Waals surface area contributed by atoms with Crippen LogP contribution in [-0.2, 0) is 21.2 Å². The zero-order chi connectivity index (χ0) is 23.7. The molecule has 3 aromatic heterocycles. The smallest absolute Gasteiger partial charge is 0.262 e. The van der Waals surface area contributed by atoms with E-state index in [4.69, 9.17) is 0 Å². The van der Waals surface area contributed by atoms with Crippen LogP contribution in [0, 0.1) is 0 Å². The Balaban J connectivity index is 1.25. The maximum absolute atomic E-state index is 12.8. The third-order valence-electron chi connectivity index (χ3n) is 5.74. The highest BCUT2D eigenvalue weighted by molar-refractivity contribution is 7.91. The first-order valence-corrected chi connectivity index (χ1v) is 13.1. The van der Waals surface area contributed by atoms with Crippen LogP contribution in [0.5, 0.6) is 0 Å². The number of amides is 1. The first-order chi connectivity index (χ1) is 16.4. The van der Waals surface area contributed by atoms with Gasteiger partial charge in [-0.3, -0.25) is 9.59 Å². The quantitative estimate of drug-likeness (QED) is 0.431. The number of benzene rings is 1. The minimum absolute atomic E-state index is 0.104. The molecule has 1 aliphatic heterocycles. The van der Waals surface area contributed by atoms with Gasteiger partial charge in [-0.15, -0.1) is 11.3 Å². The molecule has 176 valence electrons. The van der Waals surface area contributed by atoms with Crippen LogP contribution in [0.25, 0.3) is 16.7 Å². The van der Waals surface area contributed by atoms with Gasteiger partial charge in [0.1, 0.15) is 15.4 Å². The Morgan fingerprint density at radius 2 is 1.82 bits per heavy atom. The number of fused-ring (bicyclic) bond motifs is 1. The number of para-hydroxylation sites is 1. The van der Waals surface area contributed by atoms with Gasteiger partial charge in [0, 0.05) is 39.0 Å². The number of aromatic nitrogens is 4. The molecule has 5 rings (SSSR count). The Bertz CT molecular complexity index is 1470. The van der Waals surface area contributed by atoms with Crippen LogP contribution in [0.15, 0.2) is 63.0 Å². The molecule has 4 aromatic rings. The molecule has 1 saturated heterocycles. The summed E-state index contributed by atoms with van der Waals surface area (Å²) in [6, 6.07) is 12.7. The lowest BCUT2D eigenvalue weighted by Gasteiger charge is -2.33. The van der Waals surface area contributed by atoms with Gasteiger partial charge >= 0.3 is 0 Å². The number of aryl methyl sites for hydroxylation is 1. The zero-order valence-corrected chi connectivity index (χ0v) is 19.8. The standard InChI is InChI=1S/C22H22N6O4S2/c29-19(26-10-12-27(13-11-26)34(31,32)20-7-4-14-33-20)9-8-18-24-21-17(22(30)25-18)15-23-28(21)16-5-2-1-3-6-16/h1-7,14-15H,8-13H2,(H,24,25,30). The lowest BCUT2D eigenvalue weighted by Crippen LogP contribution is -2.50. The third-order valence-corrected chi connectivity index (χ3v) is 9.02. The number of hydrogen-bond acceptors (Lipinski definition) is 7. The Kier molecular flexibility index (Phi) is 6.02. The van der Waals surface area contributed by atoms with Crippen LogP contribution in [-0.4, -0.2) is 69.5 Å². The molecular weight excluding hydrogens is 476 g/mol. The van der Waals surface area contributed by atoms with Crippen LogP contribution < -0.4 is 5.56 Å². The van der Waals surface area contributed by atoms with E-state index >= 15 is 0 Å². The molecule has 1 aromatic carbocycles. The average Bonchev–Trinajstić information content (AvgIpc) is 3.54. The number of nitrogens with zero attached hydrogens (tertiary/aromatic N) is 5. The summed E-state index contributed by atoms with van der Waals surface area (Å²) in [5.41, 5.74) is 0.917. The highest BCUT2D eigenvalue weighted by Crippen LogP contribution is 2.22. The van der Waals surface area contributed by atoms with Crippen molar-refractivity contribution in [1.82, 2.24) is 29.0 Å². The number of piperazine rings is 1. The van der Waals surface area contributed by atoms with Crippen molar-refractivity contribution >= 4 is 38.3 Å². The van der Waals surface area contributed by atoms with Crippen LogP contribution in [0.1, 0.15) is 12.2 Å². The molecule has 0 aliphatic carbocycles. The van der Waals surface area contributed by atoms with Crippen molar-refractivity contribution in [2.45, 2.75) is 17.1 Å². The van der Waals surface area contributed by atoms with E-state index in [0.717, 1.165) is 5.69 Å². The fourth-order valence-corrected chi connectivity index (χ4v) is 6.51. The molecule has 1 fully saturated rings. The number of H-pyrrole nitrogens is 1. The van der Waals surface area contributed by atoms with Crippen molar-refractivity contribution in [3.63, 3.8) is 0 Å². The SMILES string of the molecule is O=C(CCc1nc2c(cnn2-c2ccccc2)c(=O)[nH]1)N1CCN(S(=O)(=O)c2cccs2)CC1. The molecule has 0 radical (unpaired) electrons. The van der Waals surface area contributed by atoms with E-state index < -0.39 is 10.0 Å². The second-order valence-corrected chi connectivity index (χ2v) is 11.0. The summed E-state index contributed by atoms with van der Waals surface area (Å²) in [5.74, 6) is 0.301. The van der Waals surface area contributed by atoms with Gasteiger partial charge in [-0.2, -0.15) is 9.40 Å². The summed E-state index contributed by atoms with van der Waals surface area (Å²) in [5, 5.41) is 6.40. The maximum Gasteiger partial charge on any atom is 0.262 e. The maximum atomic E-state index is 12.8. The first-order valence-electron chi connectivity index (χ1n) is 10.8. The Morgan fingerprint density at radius 1 is 1.06 bits per heavy atom. The van der Waals surface area contributed by atoms with E-state index in [2.05, 4.69) is 15.1 Å². The van der Waals surface area contributed by atoms with E-state index in [0.29, 0.717) is 34.2 Å². The van der Waals surface area contributed by atoms with Gasteiger partial charge in [0.2, 0.25) is 5.91 Å². The fraction of sp³-hybridized carbons (Fsp3) is 0.273. The van der Waals surface area contributed by atoms with Crippen LogP contribution >= 0.6 is 11.3 Å². The van der Waals surface area contributed by atoms with Crippen molar-refractivity contribution in [1.29, 1.82) is 0 Å². The van der Waals surface area contributed by atoms with Crippen molar-refractivity contribution in [2.75, 3.05) is 26.2 Å². The Hall–Kier alpha value is -3.35. The summed E-state index contributed by atoms with van der Waals surface area (Å²) in [4.78, 5) is 34.2. The van der Waals surface area contributed by atoms with Crippen molar-refractivity contribution in [2.24, 2.45) is 0 Å². The number of sulfonamides is 1. The molecular formula is C22H22N6O4S2. The second-order valence-electron chi connectivity index (χ2n) is 7.86. The number of aromatic amines is 1. The normalized spacial score (nSPS) is 15.1. The molecule has 1 aliphatic rings. The van der Waals surface area contributed by atoms with Crippen molar-refractivity contribution in [3.05, 3.63) is 70.2 Å². The predicted octanol–water partition coefficient (Wildman–Crippen LogP) is 1.64. The van der Waals surface area contributed by atoms with Gasteiger partial charge < -0.3 is 9.88 Å². The van der Waals surface area contributed by atoms with E-state index in [1.807, 2.05) is 30.3 Å². The molecule has 12 heteroatoms. The van der Waals surface area contributed by atoms with Crippen LogP contribution in [0.2, 0.25) is 0 Å². The summed E-state index contributed by atoms with van der Waals surface area (Å²) < 4.78 is 28.7. The minimum atomic E-state index is -3.51. The second kappa shape index (κ2) is 9.12. The van der Waals surface area contributed by atoms with Gasteiger partial charge in [-0.25, -0.2) is 18.1 Å². The lowest BCUT2D eigenvalue weighted by atomic mass is 10.2. The summed E-state index contributed by atoms with van der Waals surface area (Å²) in [6.07, 6.45) is 1.90. The van der Waals surface area contributed by atoms with E-state index in [-0.39, 0.29) is 37.4 Å². The topological polar surface area (TPSA) is 121 Å². The van der Waals surface area contributed by atoms with Gasteiger partial charge in [-0.1, -0.05) is 24.3 Å². The van der Waals surface area contributed by atoms with Gasteiger partial charge in [-0.05, 0) is 23.6 Å². The largest absolute Gasteiger partial charge is 0.340 e. The number of carbonyl (C=O) groups excluding carboxylic acids is 1. The number of nitrogens with one attached hydrogen (secondary N) is 1. The van der Waals surface area contributed by atoms with Gasteiger partial charge in [0.15, 0.2) is 5.65 Å². The molecule has 10 nitrogen and oxygen atoms in total. The van der Waals surface area contributed by atoms with Crippen molar-refractivity contribution in [3.8, 4) is 5.69 Å². The van der Waals surface area contributed by atoms with Crippen LogP contribution in [0.4, 0.5) is 0 Å². The highest BCUT2D eigenvalue weighted by Gasteiger charge is 2.30. The average molecular weight is 499 g/mol. The molecule has 34 heavy (non-hydrogen) atoms. The summed E-state index contributed by atoms with van der Waals surface area (Å²) in [6.45, 7) is 1.16. The molecule has 0 saturated carbocycles. The number of rotatable bonds is 6. The monoisotopic (exact) mass is 498 g/mol. The van der Waals surface area contributed by atoms with E-state index in [1.54, 1.807) is 27.1 Å². The Morgan fingerprint density at radius 3 is 2.53 bits per heavy atom. The number of hydrogen-bond donors (Lipinski definition) is 1. The molecule has 4 heterocycles. The molecule has 1 amide bonds. The van der Waals surface area contributed by atoms with Crippen LogP contribution in [0.3, 0.4) is 0 Å². The minimum Gasteiger partial charge on any atom is -0.340 e. The Labute approximate surface area is 199 Å². The predicted molar refractivity (Wildman–Crippen MR) is 127 cm³/mol. The molecule has 0 unspecified atom stereocenters. The van der Waals surface area contributed by atoms with Gasteiger partial charge in [0.05, 0.1) is 11.9 Å². The molecule has 1 N–H and O–H groups in total. The number of thiophene rings is 1. The van der Waals surface area contributed by atoms with Crippen molar-refractivity contribution < 1.29 is 13.2 Å². The molecule has 0 atom stereocenters. The lowest BCUT2D eigenvalue weighted by molar-refractivity contribution is -0.132. The molecule has 0 bridgehead atoms. The number of carbonyl (C=O) groups is 1. The molecule has 0 spiro atoms. The van der Waals surface area contributed by atoms with Gasteiger partial charge in [0.25, 0.3) is 15.6 Å². The zero-order valence-electron chi connectivity index (χ0n) is 18.1. The van der Waals surface area contributed by atoms with E-state index in [1.165, 1.54) is 21.8 Å². The summed E-state index contributed by atoms with van der Waals surface area (Å²) >= 11 is 1.19. The van der Waals surface area contributed by atoms with E-state index in [9.17, 15) is 18.0 Å².